The van der Waals surface area contributed by atoms with E-state index in [-0.39, 0.29) is 27.9 Å². The number of nitrogens with zero attached hydrogens (tertiary/aromatic N) is 2. The third-order valence-electron chi connectivity index (χ3n) is 5.74. The molecule has 0 radical (unpaired) electrons. The lowest BCUT2D eigenvalue weighted by molar-refractivity contribution is 0.0482. The van der Waals surface area contributed by atoms with Crippen LogP contribution in [0.2, 0.25) is 5.02 Å². The van der Waals surface area contributed by atoms with Crippen molar-refractivity contribution in [3.63, 3.8) is 0 Å². The average molecular weight is 528 g/mol. The lowest BCUT2D eigenvalue weighted by Crippen LogP contribution is -2.40. The van der Waals surface area contributed by atoms with Gasteiger partial charge in [0, 0.05) is 12.2 Å². The van der Waals surface area contributed by atoms with Crippen molar-refractivity contribution in [3.8, 4) is 5.69 Å². The molecule has 3 aromatic rings. The van der Waals surface area contributed by atoms with Crippen LogP contribution in [0, 0.1) is 5.92 Å². The maximum Gasteiger partial charge on any atom is 0.408 e. The Hall–Kier alpha value is -3.59. The van der Waals surface area contributed by atoms with Crippen LogP contribution >= 0.6 is 11.6 Å². The summed E-state index contributed by atoms with van der Waals surface area (Å²) in [7, 11) is 0. The van der Waals surface area contributed by atoms with Crippen molar-refractivity contribution in [2.24, 2.45) is 5.92 Å². The van der Waals surface area contributed by atoms with Gasteiger partial charge in [-0.1, -0.05) is 44.0 Å². The molecule has 2 atom stereocenters. The number of alkyl carbamates (subject to hydrolysis) is 1. The van der Waals surface area contributed by atoms with Crippen molar-refractivity contribution in [3.05, 3.63) is 63.7 Å². The summed E-state index contributed by atoms with van der Waals surface area (Å²) in [5, 5.41) is 8.89. The van der Waals surface area contributed by atoms with Crippen molar-refractivity contribution in [2.45, 2.75) is 59.6 Å². The summed E-state index contributed by atoms with van der Waals surface area (Å²) in [5.74, 6) is 0.231. The topological polar surface area (TPSA) is 114 Å². The highest BCUT2D eigenvalue weighted by molar-refractivity contribution is 6.35. The Morgan fingerprint density at radius 1 is 1.14 bits per heavy atom. The second kappa shape index (κ2) is 11.6. The number of fused-ring (bicyclic) bond motifs is 1. The van der Waals surface area contributed by atoms with Gasteiger partial charge in [0.2, 0.25) is 0 Å². The number of aromatic nitrogens is 2. The van der Waals surface area contributed by atoms with Gasteiger partial charge in [0.1, 0.15) is 11.4 Å². The van der Waals surface area contributed by atoms with Gasteiger partial charge in [-0.2, -0.15) is 0 Å². The molecule has 0 spiro atoms. The van der Waals surface area contributed by atoms with Gasteiger partial charge in [-0.3, -0.25) is 9.36 Å². The molecule has 0 saturated heterocycles. The minimum Gasteiger partial charge on any atom is -0.444 e. The van der Waals surface area contributed by atoms with Crippen molar-refractivity contribution < 1.29 is 14.3 Å². The van der Waals surface area contributed by atoms with E-state index in [9.17, 15) is 14.4 Å². The van der Waals surface area contributed by atoms with Gasteiger partial charge in [0.05, 0.1) is 27.7 Å². The van der Waals surface area contributed by atoms with Crippen LogP contribution in [0.1, 0.15) is 59.8 Å². The fourth-order valence-corrected chi connectivity index (χ4v) is 4.11. The molecule has 3 amide bonds. The van der Waals surface area contributed by atoms with Crippen molar-refractivity contribution in [1.29, 1.82) is 0 Å². The Balaban J connectivity index is 2.25. The van der Waals surface area contributed by atoms with Crippen molar-refractivity contribution >= 4 is 40.3 Å². The largest absolute Gasteiger partial charge is 0.444 e. The number of hydrogen-bond donors (Lipinski definition) is 3. The molecule has 9 nitrogen and oxygen atoms in total. The fraction of sp³-hybridized carbons (Fsp3) is 0.407. The number of hydrogen-bond acceptors (Lipinski definition) is 5. The minimum absolute atomic E-state index is 0.0982. The van der Waals surface area contributed by atoms with E-state index in [1.807, 2.05) is 20.8 Å². The summed E-state index contributed by atoms with van der Waals surface area (Å²) >= 11 is 6.43. The number of amides is 3. The van der Waals surface area contributed by atoms with Gasteiger partial charge in [-0.25, -0.2) is 14.6 Å². The summed E-state index contributed by atoms with van der Waals surface area (Å²) in [5.41, 5.74) is 0.274. The maximum atomic E-state index is 13.9. The van der Waals surface area contributed by atoms with E-state index in [1.54, 1.807) is 63.2 Å². The van der Waals surface area contributed by atoms with E-state index in [0.717, 1.165) is 0 Å². The SMILES string of the molecule is CCNC(=O)Nc1cccc(-n2c([C@@H](NC(=O)OC(C)(C)C)[C@@H](C)CC)nc3cccc(Cl)c3c2=O)c1. The molecule has 3 rings (SSSR count). The Bertz CT molecular complexity index is 1350. The van der Waals surface area contributed by atoms with Gasteiger partial charge in [0.15, 0.2) is 0 Å². The Labute approximate surface area is 221 Å². The van der Waals surface area contributed by atoms with E-state index in [0.29, 0.717) is 35.7 Å². The first-order valence-electron chi connectivity index (χ1n) is 12.3. The molecule has 0 aliphatic rings. The first-order chi connectivity index (χ1) is 17.4. The molecule has 1 aromatic heterocycles. The van der Waals surface area contributed by atoms with Gasteiger partial charge in [-0.15, -0.1) is 0 Å². The van der Waals surface area contributed by atoms with Crippen LogP contribution in [0.15, 0.2) is 47.3 Å². The summed E-state index contributed by atoms with van der Waals surface area (Å²) in [6.07, 6.45) is 0.0827. The number of nitrogens with one attached hydrogen (secondary N) is 3. The number of halogens is 1. The van der Waals surface area contributed by atoms with Crippen LogP contribution < -0.4 is 21.5 Å². The number of ether oxygens (including phenoxy) is 1. The molecule has 1 heterocycles. The zero-order valence-electron chi connectivity index (χ0n) is 22.0. The first-order valence-corrected chi connectivity index (χ1v) is 12.7. The summed E-state index contributed by atoms with van der Waals surface area (Å²) in [4.78, 5) is 43.7. The van der Waals surface area contributed by atoms with Gasteiger partial charge in [0.25, 0.3) is 5.56 Å². The summed E-state index contributed by atoms with van der Waals surface area (Å²) in [6, 6.07) is 10.9. The molecule has 2 aromatic carbocycles. The second-order valence-corrected chi connectivity index (χ2v) is 10.2. The van der Waals surface area contributed by atoms with Crippen LogP contribution in [-0.4, -0.2) is 33.8 Å². The molecule has 0 bridgehead atoms. The van der Waals surface area contributed by atoms with E-state index in [4.69, 9.17) is 21.3 Å². The van der Waals surface area contributed by atoms with E-state index in [2.05, 4.69) is 16.0 Å². The van der Waals surface area contributed by atoms with Gasteiger partial charge >= 0.3 is 12.1 Å². The van der Waals surface area contributed by atoms with E-state index in [1.165, 1.54) is 4.57 Å². The average Bonchev–Trinajstić information content (AvgIpc) is 2.81. The van der Waals surface area contributed by atoms with E-state index >= 15 is 0 Å². The van der Waals surface area contributed by atoms with Crippen molar-refractivity contribution in [2.75, 3.05) is 11.9 Å². The van der Waals surface area contributed by atoms with Crippen LogP contribution in [-0.2, 0) is 4.74 Å². The zero-order chi connectivity index (χ0) is 27.3. The third kappa shape index (κ3) is 6.80. The van der Waals surface area contributed by atoms with Crippen LogP contribution in [0.4, 0.5) is 15.3 Å². The quantitative estimate of drug-likeness (QED) is 0.359. The Kier molecular flexibility index (Phi) is 8.81. The van der Waals surface area contributed by atoms with Crippen LogP contribution in [0.5, 0.6) is 0 Å². The molecule has 0 aliphatic carbocycles. The number of anilines is 1. The molecule has 0 aliphatic heterocycles. The molecule has 198 valence electrons. The predicted octanol–water partition coefficient (Wildman–Crippen LogP) is 5.79. The molecule has 0 fully saturated rings. The highest BCUT2D eigenvalue weighted by Gasteiger charge is 2.29. The third-order valence-corrected chi connectivity index (χ3v) is 6.05. The van der Waals surface area contributed by atoms with Crippen LogP contribution in [0.25, 0.3) is 16.6 Å². The molecule has 0 unspecified atom stereocenters. The standard InChI is InChI=1S/C27H34ClN5O4/c1-7-16(3)22(32-26(36)37-27(4,5)6)23-31-20-14-10-13-19(28)21(20)24(34)33(23)18-12-9-11-17(15-18)30-25(35)29-8-2/h9-16,22H,7-8H2,1-6H3,(H,32,36)(H2,29,30,35)/t16-,22-/m0/s1. The number of carbonyl (C=O) groups is 2. The molecule has 10 heteroatoms. The predicted molar refractivity (Wildman–Crippen MR) is 147 cm³/mol. The summed E-state index contributed by atoms with van der Waals surface area (Å²) < 4.78 is 6.95. The highest BCUT2D eigenvalue weighted by Crippen LogP contribution is 2.29. The molecular formula is C27H34ClN5O4. The number of urea groups is 1. The van der Waals surface area contributed by atoms with Crippen LogP contribution in [0.3, 0.4) is 0 Å². The molecule has 3 N–H and O–H groups in total. The Morgan fingerprint density at radius 2 is 1.84 bits per heavy atom. The second-order valence-electron chi connectivity index (χ2n) is 9.79. The molecular weight excluding hydrogens is 494 g/mol. The number of benzene rings is 2. The highest BCUT2D eigenvalue weighted by atomic mass is 35.5. The fourth-order valence-electron chi connectivity index (χ4n) is 3.86. The van der Waals surface area contributed by atoms with Crippen molar-refractivity contribution in [1.82, 2.24) is 20.2 Å². The normalized spacial score (nSPS) is 13.1. The minimum atomic E-state index is -0.701. The Morgan fingerprint density at radius 3 is 2.49 bits per heavy atom. The lowest BCUT2D eigenvalue weighted by atomic mass is 9.97. The van der Waals surface area contributed by atoms with E-state index < -0.39 is 17.7 Å². The zero-order valence-corrected chi connectivity index (χ0v) is 22.8. The summed E-state index contributed by atoms with van der Waals surface area (Å²) in [6.45, 7) is 11.6. The maximum absolute atomic E-state index is 13.9. The lowest BCUT2D eigenvalue weighted by Gasteiger charge is -2.28. The monoisotopic (exact) mass is 527 g/mol. The number of carbonyl (C=O) groups excluding carboxylic acids is 2. The van der Waals surface area contributed by atoms with Gasteiger partial charge in [-0.05, 0) is 63.9 Å². The number of rotatable bonds is 7. The molecule has 37 heavy (non-hydrogen) atoms. The first kappa shape index (κ1) is 28.0. The smallest absolute Gasteiger partial charge is 0.408 e. The molecule has 0 saturated carbocycles. The van der Waals surface area contributed by atoms with Gasteiger partial charge < -0.3 is 20.7 Å².